The molecule has 5 rings (SSSR count). The summed E-state index contributed by atoms with van der Waals surface area (Å²) in [5, 5.41) is 6.84. The Balaban J connectivity index is 1.30. The van der Waals surface area contributed by atoms with Crippen molar-refractivity contribution in [1.82, 2.24) is 10.7 Å². The van der Waals surface area contributed by atoms with Crippen molar-refractivity contribution in [3.63, 3.8) is 0 Å². The third-order valence-corrected chi connectivity index (χ3v) is 6.76. The molecular formula is C22H29N3O4. The largest absolute Gasteiger partial charge is 0.497 e. The average Bonchev–Trinajstić information content (AvgIpc) is 2.70. The van der Waals surface area contributed by atoms with Crippen LogP contribution in [0.2, 0.25) is 0 Å². The molecule has 7 heteroatoms. The SMILES string of the molecule is COc1ccc(OC)c(/C=N/NC(=O)CNC(=O)C23CC4CC(CC(C4)C2)C3)c1. The summed E-state index contributed by atoms with van der Waals surface area (Å²) in [5.41, 5.74) is 2.91. The Labute approximate surface area is 171 Å². The van der Waals surface area contributed by atoms with Crippen LogP contribution in [0.15, 0.2) is 23.3 Å². The second-order valence-corrected chi connectivity index (χ2v) is 8.78. The van der Waals surface area contributed by atoms with E-state index in [0.717, 1.165) is 19.3 Å². The molecule has 4 aliphatic carbocycles. The molecule has 1 aromatic rings. The zero-order valence-corrected chi connectivity index (χ0v) is 17.1. The van der Waals surface area contributed by atoms with E-state index < -0.39 is 0 Å². The van der Waals surface area contributed by atoms with E-state index in [1.807, 2.05) is 0 Å². The number of amides is 2. The van der Waals surface area contributed by atoms with E-state index in [1.165, 1.54) is 25.5 Å². The molecule has 0 radical (unpaired) electrons. The smallest absolute Gasteiger partial charge is 0.259 e. The fraction of sp³-hybridized carbons (Fsp3) is 0.591. The van der Waals surface area contributed by atoms with Crippen LogP contribution in [0.3, 0.4) is 0 Å². The minimum absolute atomic E-state index is 0.0465. The van der Waals surface area contributed by atoms with Gasteiger partial charge in [-0.25, -0.2) is 5.43 Å². The first-order chi connectivity index (χ1) is 14.0. The van der Waals surface area contributed by atoms with Gasteiger partial charge in [-0.15, -0.1) is 0 Å². The summed E-state index contributed by atoms with van der Waals surface area (Å²) in [5.74, 6) is 3.08. The van der Waals surface area contributed by atoms with Crippen molar-refractivity contribution in [2.75, 3.05) is 20.8 Å². The Hall–Kier alpha value is -2.57. The van der Waals surface area contributed by atoms with Crippen LogP contribution >= 0.6 is 0 Å². The molecule has 2 amide bonds. The summed E-state index contributed by atoms with van der Waals surface area (Å²) < 4.78 is 10.5. The molecule has 7 nitrogen and oxygen atoms in total. The molecule has 0 atom stereocenters. The molecule has 0 aliphatic heterocycles. The van der Waals surface area contributed by atoms with Gasteiger partial charge in [-0.2, -0.15) is 5.10 Å². The van der Waals surface area contributed by atoms with E-state index in [2.05, 4.69) is 15.8 Å². The highest BCUT2D eigenvalue weighted by Crippen LogP contribution is 2.60. The van der Waals surface area contributed by atoms with Gasteiger partial charge >= 0.3 is 0 Å². The summed E-state index contributed by atoms with van der Waals surface area (Å²) in [6, 6.07) is 5.33. The van der Waals surface area contributed by atoms with Gasteiger partial charge in [0.15, 0.2) is 0 Å². The molecule has 4 saturated carbocycles. The van der Waals surface area contributed by atoms with E-state index in [1.54, 1.807) is 32.4 Å². The Morgan fingerprint density at radius 1 is 1.10 bits per heavy atom. The number of carbonyl (C=O) groups is 2. The quantitative estimate of drug-likeness (QED) is 0.545. The van der Waals surface area contributed by atoms with Gasteiger partial charge < -0.3 is 14.8 Å². The highest BCUT2D eigenvalue weighted by molar-refractivity contribution is 5.89. The number of ether oxygens (including phenoxy) is 2. The van der Waals surface area contributed by atoms with Gasteiger partial charge in [0.1, 0.15) is 11.5 Å². The fourth-order valence-corrected chi connectivity index (χ4v) is 5.89. The number of hydrazone groups is 1. The number of methoxy groups -OCH3 is 2. The van der Waals surface area contributed by atoms with Crippen LogP contribution in [0.5, 0.6) is 11.5 Å². The van der Waals surface area contributed by atoms with E-state index in [9.17, 15) is 9.59 Å². The lowest BCUT2D eigenvalue weighted by Gasteiger charge is -2.55. The standard InChI is InChI=1S/C22H29N3O4/c1-28-18-3-4-19(29-2)17(8-18)12-24-25-20(26)13-23-21(27)22-9-14-5-15(10-22)7-16(6-14)11-22/h3-4,8,12,14-16H,5-7,9-11,13H2,1-2H3,(H,23,27)(H,25,26)/b24-12+. The van der Waals surface area contributed by atoms with Gasteiger partial charge in [0.2, 0.25) is 5.91 Å². The maximum Gasteiger partial charge on any atom is 0.259 e. The minimum Gasteiger partial charge on any atom is -0.497 e. The lowest BCUT2D eigenvalue weighted by atomic mass is 9.49. The number of rotatable bonds is 7. The van der Waals surface area contributed by atoms with Crippen LogP contribution in [-0.4, -0.2) is 38.8 Å². The first-order valence-electron chi connectivity index (χ1n) is 10.3. The summed E-state index contributed by atoms with van der Waals surface area (Å²) in [7, 11) is 3.15. The van der Waals surface area contributed by atoms with E-state index >= 15 is 0 Å². The second kappa shape index (κ2) is 8.05. The zero-order valence-electron chi connectivity index (χ0n) is 17.1. The van der Waals surface area contributed by atoms with Crippen molar-refractivity contribution in [1.29, 1.82) is 0 Å². The number of hydrogen-bond acceptors (Lipinski definition) is 5. The van der Waals surface area contributed by atoms with Crippen LogP contribution < -0.4 is 20.2 Å². The Bertz CT molecular complexity index is 785. The van der Waals surface area contributed by atoms with Gasteiger partial charge in [-0.1, -0.05) is 0 Å². The molecule has 4 aliphatic rings. The predicted molar refractivity (Wildman–Crippen MR) is 109 cm³/mol. The van der Waals surface area contributed by atoms with Crippen molar-refractivity contribution in [3.05, 3.63) is 23.8 Å². The van der Waals surface area contributed by atoms with Crippen molar-refractivity contribution in [2.45, 2.75) is 38.5 Å². The average molecular weight is 399 g/mol. The summed E-state index contributed by atoms with van der Waals surface area (Å²) >= 11 is 0. The van der Waals surface area contributed by atoms with E-state index in [4.69, 9.17) is 9.47 Å². The van der Waals surface area contributed by atoms with Gasteiger partial charge in [0.25, 0.3) is 5.91 Å². The highest BCUT2D eigenvalue weighted by Gasteiger charge is 2.54. The number of benzene rings is 1. The van der Waals surface area contributed by atoms with Gasteiger partial charge in [0, 0.05) is 11.0 Å². The monoisotopic (exact) mass is 399 g/mol. The summed E-state index contributed by atoms with van der Waals surface area (Å²) in [4.78, 5) is 25.0. The minimum atomic E-state index is -0.346. The normalized spacial score (nSPS) is 29.7. The topological polar surface area (TPSA) is 89.0 Å². The third-order valence-electron chi connectivity index (χ3n) is 6.76. The van der Waals surface area contributed by atoms with E-state index in [-0.39, 0.29) is 23.8 Å². The Morgan fingerprint density at radius 3 is 2.34 bits per heavy atom. The summed E-state index contributed by atoms with van der Waals surface area (Å²) in [6.45, 7) is -0.0623. The van der Waals surface area contributed by atoms with Crippen LogP contribution in [0.25, 0.3) is 0 Å². The molecule has 1 aromatic carbocycles. The van der Waals surface area contributed by atoms with Gasteiger partial charge in [-0.3, -0.25) is 9.59 Å². The third kappa shape index (κ3) is 4.09. The van der Waals surface area contributed by atoms with Crippen LogP contribution in [0, 0.1) is 23.2 Å². The van der Waals surface area contributed by atoms with Gasteiger partial charge in [-0.05, 0) is 74.5 Å². The first-order valence-corrected chi connectivity index (χ1v) is 10.3. The maximum atomic E-state index is 12.9. The summed E-state index contributed by atoms with van der Waals surface area (Å²) in [6.07, 6.45) is 8.32. The lowest BCUT2D eigenvalue weighted by Crippen LogP contribution is -2.54. The zero-order chi connectivity index (χ0) is 20.4. The van der Waals surface area contributed by atoms with Crippen molar-refractivity contribution in [2.24, 2.45) is 28.3 Å². The Kier molecular flexibility index (Phi) is 5.48. The second-order valence-electron chi connectivity index (χ2n) is 8.78. The predicted octanol–water partition coefficient (Wildman–Crippen LogP) is 2.49. The molecule has 2 N–H and O–H groups in total. The molecule has 4 fully saturated rings. The molecule has 0 aromatic heterocycles. The molecule has 0 heterocycles. The van der Waals surface area contributed by atoms with Crippen molar-refractivity contribution >= 4 is 18.0 Å². The van der Waals surface area contributed by atoms with Gasteiger partial charge in [0.05, 0.1) is 27.0 Å². The molecule has 4 bridgehead atoms. The fourth-order valence-electron chi connectivity index (χ4n) is 5.89. The number of carbonyl (C=O) groups excluding carboxylic acids is 2. The molecule has 0 spiro atoms. The Morgan fingerprint density at radius 2 is 1.76 bits per heavy atom. The maximum absolute atomic E-state index is 12.9. The van der Waals surface area contributed by atoms with E-state index in [0.29, 0.717) is 34.8 Å². The van der Waals surface area contributed by atoms with Crippen molar-refractivity contribution < 1.29 is 19.1 Å². The number of nitrogens with one attached hydrogen (secondary N) is 2. The molecule has 29 heavy (non-hydrogen) atoms. The lowest BCUT2D eigenvalue weighted by molar-refractivity contribution is -0.147. The van der Waals surface area contributed by atoms with Crippen LogP contribution in [0.1, 0.15) is 44.1 Å². The highest BCUT2D eigenvalue weighted by atomic mass is 16.5. The molecule has 0 unspecified atom stereocenters. The number of hydrogen-bond donors (Lipinski definition) is 2. The van der Waals surface area contributed by atoms with Crippen molar-refractivity contribution in [3.8, 4) is 11.5 Å². The number of nitrogens with zero attached hydrogens (tertiary/aromatic N) is 1. The molecular weight excluding hydrogens is 370 g/mol. The molecule has 156 valence electrons. The van der Waals surface area contributed by atoms with Crippen LogP contribution in [0.4, 0.5) is 0 Å². The van der Waals surface area contributed by atoms with Crippen LogP contribution in [-0.2, 0) is 9.59 Å². The molecule has 0 saturated heterocycles. The first kappa shape index (κ1) is 19.7.